The van der Waals surface area contributed by atoms with Gasteiger partial charge in [-0.05, 0) is 78.5 Å². The van der Waals surface area contributed by atoms with Gasteiger partial charge in [0.05, 0.1) is 7.11 Å². The normalized spacial score (nSPS) is 24.5. The van der Waals surface area contributed by atoms with Gasteiger partial charge >= 0.3 is 6.09 Å². The maximum Gasteiger partial charge on any atom is 0.410 e. The molecule has 0 radical (unpaired) electrons. The maximum absolute atomic E-state index is 13.8. The number of methoxy groups -OCH3 is 1. The molecule has 1 N–H and O–H groups in total. The number of nitrogens with one attached hydrogen (secondary N) is 1. The van der Waals surface area contributed by atoms with Crippen LogP contribution in [-0.4, -0.2) is 35.7 Å². The Hall–Kier alpha value is -2.66. The number of hydrogen-bond donors (Lipinski definition) is 1. The fourth-order valence-corrected chi connectivity index (χ4v) is 6.21. The van der Waals surface area contributed by atoms with Crippen LogP contribution in [0.15, 0.2) is 42.5 Å². The highest BCUT2D eigenvalue weighted by Gasteiger charge is 2.39. The highest BCUT2D eigenvalue weighted by atomic mass is 35.5. The van der Waals surface area contributed by atoms with E-state index in [0.717, 1.165) is 47.2 Å². The second kappa shape index (κ2) is 9.77. The number of carbonyl (C=O) groups excluding carboxylic acids is 1. The Kier molecular flexibility index (Phi) is 6.71. The lowest BCUT2D eigenvalue weighted by Crippen LogP contribution is -2.44. The van der Waals surface area contributed by atoms with Gasteiger partial charge in [0, 0.05) is 28.2 Å². The largest absolute Gasteiger partial charge is 0.497 e. The van der Waals surface area contributed by atoms with Crippen molar-refractivity contribution in [3.63, 3.8) is 0 Å². The monoisotopic (exact) mass is 494 g/mol. The summed E-state index contributed by atoms with van der Waals surface area (Å²) in [5.41, 5.74) is 4.32. The Bertz CT molecular complexity index is 1200. The molecule has 1 amide bonds. The number of rotatable bonds is 4. The molecule has 2 aromatic carbocycles. The molecule has 2 unspecified atom stereocenters. The molecular formula is C29H35ClN2O3. The Morgan fingerprint density at radius 2 is 1.91 bits per heavy atom. The van der Waals surface area contributed by atoms with Gasteiger partial charge in [-0.1, -0.05) is 50.9 Å². The molecule has 1 fully saturated rings. The summed E-state index contributed by atoms with van der Waals surface area (Å²) < 4.78 is 11.7. The third-order valence-corrected chi connectivity index (χ3v) is 8.20. The lowest BCUT2D eigenvalue weighted by Gasteiger charge is -2.40. The van der Waals surface area contributed by atoms with Crippen LogP contribution >= 0.6 is 11.6 Å². The first kappa shape index (κ1) is 24.1. The first-order valence-electron chi connectivity index (χ1n) is 12.8. The average Bonchev–Trinajstić information content (AvgIpc) is 3.21. The first-order valence-corrected chi connectivity index (χ1v) is 13.1. The Morgan fingerprint density at radius 1 is 1.14 bits per heavy atom. The molecule has 0 spiro atoms. The predicted octanol–water partition coefficient (Wildman–Crippen LogP) is 7.37. The molecule has 0 bridgehead atoms. The van der Waals surface area contributed by atoms with Gasteiger partial charge in [-0.2, -0.15) is 0 Å². The lowest BCUT2D eigenvalue weighted by atomic mass is 9.75. The zero-order valence-corrected chi connectivity index (χ0v) is 21.8. The number of fused-ring (bicyclic) bond motifs is 3. The summed E-state index contributed by atoms with van der Waals surface area (Å²) >= 11 is 6.33. The van der Waals surface area contributed by atoms with Crippen LogP contribution in [0.5, 0.6) is 5.75 Å². The zero-order chi connectivity index (χ0) is 24.7. The highest BCUT2D eigenvalue weighted by molar-refractivity contribution is 6.31. The van der Waals surface area contributed by atoms with Crippen LogP contribution in [0.3, 0.4) is 0 Å². The Balaban J connectivity index is 1.52. The van der Waals surface area contributed by atoms with Gasteiger partial charge in [-0.15, -0.1) is 0 Å². The molecule has 5 rings (SSSR count). The highest BCUT2D eigenvalue weighted by Crippen LogP contribution is 2.41. The van der Waals surface area contributed by atoms with Crippen molar-refractivity contribution in [2.75, 3.05) is 13.7 Å². The lowest BCUT2D eigenvalue weighted by molar-refractivity contribution is -0.0147. The quantitative estimate of drug-likeness (QED) is 0.411. The van der Waals surface area contributed by atoms with Crippen molar-refractivity contribution in [2.24, 2.45) is 17.8 Å². The summed E-state index contributed by atoms with van der Waals surface area (Å²) in [6, 6.07) is 13.6. The summed E-state index contributed by atoms with van der Waals surface area (Å²) in [5.74, 6) is 2.26. The third kappa shape index (κ3) is 4.63. The van der Waals surface area contributed by atoms with Gasteiger partial charge in [0.2, 0.25) is 0 Å². The number of nitrogens with zero attached hydrogens (tertiary/aromatic N) is 1. The second-order valence-electron chi connectivity index (χ2n) is 10.6. The van der Waals surface area contributed by atoms with Crippen LogP contribution in [0.4, 0.5) is 4.79 Å². The van der Waals surface area contributed by atoms with Crippen molar-refractivity contribution in [1.82, 2.24) is 9.88 Å². The standard InChI is InChI=1S/C29H35ClN2O3/c1-17(2)22-11-5-18(3)15-26(22)35-29(33)32-14-13-23-24-16-20(30)8-12-25(24)31-27(23)28(32)19-6-9-21(34-4)10-7-19/h6-10,12,16-18,22,26,28,31H,5,11,13-15H2,1-4H3/t18-,22?,26-,28?/m0/s1. The van der Waals surface area contributed by atoms with Crippen LogP contribution < -0.4 is 4.74 Å². The van der Waals surface area contributed by atoms with E-state index in [9.17, 15) is 4.79 Å². The number of benzene rings is 2. The number of amides is 1. The molecule has 5 nitrogen and oxygen atoms in total. The molecule has 4 atom stereocenters. The molecule has 3 aromatic rings. The van der Waals surface area contributed by atoms with E-state index in [-0.39, 0.29) is 18.2 Å². The van der Waals surface area contributed by atoms with Crippen LogP contribution in [0.25, 0.3) is 10.9 Å². The fourth-order valence-electron chi connectivity index (χ4n) is 6.04. The van der Waals surface area contributed by atoms with E-state index in [1.165, 1.54) is 12.0 Å². The molecule has 6 heteroatoms. The van der Waals surface area contributed by atoms with Crippen molar-refractivity contribution in [3.8, 4) is 5.75 Å². The van der Waals surface area contributed by atoms with Crippen molar-refractivity contribution in [2.45, 2.75) is 58.6 Å². The number of aromatic amines is 1. The minimum absolute atomic E-state index is 0.0364. The molecule has 35 heavy (non-hydrogen) atoms. The van der Waals surface area contributed by atoms with E-state index < -0.39 is 0 Å². The SMILES string of the molecule is COc1ccc(C2c3[nH]c4ccc(Cl)cc4c3CCN2C(=O)O[C@H]2C[C@@H](C)CCC2C(C)C)cc1. The number of hydrogen-bond acceptors (Lipinski definition) is 3. The van der Waals surface area contributed by atoms with Crippen LogP contribution in [-0.2, 0) is 11.2 Å². The summed E-state index contributed by atoms with van der Waals surface area (Å²) in [7, 11) is 1.66. The van der Waals surface area contributed by atoms with Crippen LogP contribution in [0.1, 0.15) is 62.9 Å². The third-order valence-electron chi connectivity index (χ3n) is 7.97. The van der Waals surface area contributed by atoms with Gasteiger partial charge in [-0.25, -0.2) is 4.79 Å². The number of halogens is 1. The van der Waals surface area contributed by atoms with E-state index in [4.69, 9.17) is 21.1 Å². The molecular weight excluding hydrogens is 460 g/mol. The Morgan fingerprint density at radius 3 is 2.63 bits per heavy atom. The van der Waals surface area contributed by atoms with Crippen molar-refractivity contribution < 1.29 is 14.3 Å². The average molecular weight is 495 g/mol. The van der Waals surface area contributed by atoms with Gasteiger partial charge in [0.1, 0.15) is 17.9 Å². The number of carbonyl (C=O) groups is 1. The summed E-state index contributed by atoms with van der Waals surface area (Å²) in [4.78, 5) is 19.3. The number of aromatic nitrogens is 1. The summed E-state index contributed by atoms with van der Waals surface area (Å²) in [5, 5.41) is 1.84. The van der Waals surface area contributed by atoms with Crippen molar-refractivity contribution in [3.05, 3.63) is 64.3 Å². The molecule has 2 aliphatic rings. The van der Waals surface area contributed by atoms with E-state index in [1.807, 2.05) is 47.4 Å². The van der Waals surface area contributed by atoms with Gasteiger partial charge in [-0.3, -0.25) is 4.90 Å². The minimum atomic E-state index is -0.262. The van der Waals surface area contributed by atoms with Gasteiger partial charge in [0.15, 0.2) is 0 Å². The predicted molar refractivity (Wildman–Crippen MR) is 140 cm³/mol. The molecule has 1 aliphatic heterocycles. The van der Waals surface area contributed by atoms with Crippen LogP contribution in [0, 0.1) is 17.8 Å². The number of H-pyrrole nitrogens is 1. The molecule has 1 saturated carbocycles. The molecule has 2 heterocycles. The van der Waals surface area contributed by atoms with Crippen molar-refractivity contribution >= 4 is 28.6 Å². The first-order chi connectivity index (χ1) is 16.9. The van der Waals surface area contributed by atoms with E-state index >= 15 is 0 Å². The molecule has 186 valence electrons. The maximum atomic E-state index is 13.8. The topological polar surface area (TPSA) is 54.6 Å². The fraction of sp³-hybridized carbons (Fsp3) is 0.483. The smallest absolute Gasteiger partial charge is 0.410 e. The molecule has 1 aliphatic carbocycles. The Labute approximate surface area is 212 Å². The minimum Gasteiger partial charge on any atom is -0.497 e. The van der Waals surface area contributed by atoms with Crippen LogP contribution in [0.2, 0.25) is 5.02 Å². The zero-order valence-electron chi connectivity index (χ0n) is 21.0. The van der Waals surface area contributed by atoms with Crippen molar-refractivity contribution in [1.29, 1.82) is 0 Å². The summed E-state index contributed by atoms with van der Waals surface area (Å²) in [6.07, 6.45) is 3.75. The summed E-state index contributed by atoms with van der Waals surface area (Å²) in [6.45, 7) is 7.34. The molecule has 0 saturated heterocycles. The van der Waals surface area contributed by atoms with Gasteiger partial charge < -0.3 is 14.5 Å². The van der Waals surface area contributed by atoms with E-state index in [1.54, 1.807) is 7.11 Å². The van der Waals surface area contributed by atoms with Gasteiger partial charge in [0.25, 0.3) is 0 Å². The van der Waals surface area contributed by atoms with E-state index in [0.29, 0.717) is 29.3 Å². The molecule has 1 aromatic heterocycles. The van der Waals surface area contributed by atoms with E-state index in [2.05, 4.69) is 25.8 Å². The number of ether oxygens (including phenoxy) is 2. The second-order valence-corrected chi connectivity index (χ2v) is 11.0.